The van der Waals surface area contributed by atoms with E-state index in [1.165, 1.54) is 4.90 Å². The number of hydrogen-bond donors (Lipinski definition) is 2. The highest BCUT2D eigenvalue weighted by molar-refractivity contribution is 7.71. The van der Waals surface area contributed by atoms with Crippen LogP contribution < -0.4 is 15.5 Å². The highest BCUT2D eigenvalue weighted by atomic mass is 32.1. The average Bonchev–Trinajstić information content (AvgIpc) is 2.65. The van der Waals surface area contributed by atoms with Gasteiger partial charge < -0.3 is 15.5 Å². The second-order valence-corrected chi connectivity index (χ2v) is 7.83. The molecule has 0 bridgehead atoms. The molecule has 3 N–H and O–H groups in total. The minimum atomic E-state index is -0.468. The molecule has 1 amide bonds. The van der Waals surface area contributed by atoms with E-state index in [2.05, 4.69) is 4.90 Å². The van der Waals surface area contributed by atoms with E-state index in [0.717, 1.165) is 55.4 Å². The third kappa shape index (κ3) is 4.15. The summed E-state index contributed by atoms with van der Waals surface area (Å²) in [7, 11) is 0. The lowest BCUT2D eigenvalue weighted by Crippen LogP contribution is -3.14. The van der Waals surface area contributed by atoms with Crippen LogP contribution in [0, 0.1) is 18.5 Å². The Morgan fingerprint density at radius 3 is 2.29 bits per heavy atom. The summed E-state index contributed by atoms with van der Waals surface area (Å²) in [5.41, 5.74) is 9.73. The third-order valence-corrected chi connectivity index (χ3v) is 5.87. The molecule has 0 spiro atoms. The molecule has 2 aromatic rings. The van der Waals surface area contributed by atoms with Crippen molar-refractivity contribution in [1.82, 2.24) is 4.57 Å². The topological polar surface area (TPSA) is 72.8 Å². The number of rotatable bonds is 5. The van der Waals surface area contributed by atoms with Crippen LogP contribution in [0.1, 0.15) is 38.9 Å². The molecular formula is C21H27N4O2S+. The minimum Gasteiger partial charge on any atom is -0.365 e. The van der Waals surface area contributed by atoms with Gasteiger partial charge in [0.1, 0.15) is 4.64 Å². The first-order valence-corrected chi connectivity index (χ1v) is 9.89. The van der Waals surface area contributed by atoms with E-state index in [-0.39, 0.29) is 5.78 Å². The van der Waals surface area contributed by atoms with Crippen LogP contribution in [0.5, 0.6) is 0 Å². The number of aryl methyl sites for hydroxylation is 2. The molecule has 1 aromatic carbocycles. The van der Waals surface area contributed by atoms with Crippen molar-refractivity contribution in [2.75, 3.05) is 31.1 Å². The van der Waals surface area contributed by atoms with E-state index in [1.807, 2.05) is 48.7 Å². The quantitative estimate of drug-likeness (QED) is 0.590. The highest BCUT2D eigenvalue weighted by Crippen LogP contribution is 2.16. The SMILES string of the molecule is CC(=O)c1ccc(N2CC[NH+](Cn3c(C)cc(C)c(C(N)=O)c3=S)CC2)cc1. The van der Waals surface area contributed by atoms with Gasteiger partial charge in [0.2, 0.25) is 0 Å². The Balaban J connectivity index is 1.69. The number of primary amides is 1. The normalized spacial score (nSPS) is 14.9. The second-order valence-electron chi connectivity index (χ2n) is 7.44. The van der Waals surface area contributed by atoms with Gasteiger partial charge in [-0.25, -0.2) is 0 Å². The Labute approximate surface area is 170 Å². The minimum absolute atomic E-state index is 0.0846. The molecule has 7 heteroatoms. The molecule has 1 saturated heterocycles. The number of nitrogens with one attached hydrogen (secondary N) is 1. The van der Waals surface area contributed by atoms with Crippen LogP contribution in [0.4, 0.5) is 5.69 Å². The Morgan fingerprint density at radius 1 is 1.14 bits per heavy atom. The molecule has 2 heterocycles. The molecule has 0 saturated carbocycles. The number of ketones is 1. The highest BCUT2D eigenvalue weighted by Gasteiger charge is 2.22. The molecule has 0 radical (unpaired) electrons. The van der Waals surface area contributed by atoms with Gasteiger partial charge in [-0.15, -0.1) is 0 Å². The van der Waals surface area contributed by atoms with Crippen molar-refractivity contribution in [3.8, 4) is 0 Å². The Hall–Kier alpha value is -2.51. The smallest absolute Gasteiger partial charge is 0.251 e. The molecule has 0 aliphatic carbocycles. The molecule has 0 atom stereocenters. The number of amides is 1. The average molecular weight is 400 g/mol. The molecule has 28 heavy (non-hydrogen) atoms. The lowest BCUT2D eigenvalue weighted by atomic mass is 10.1. The van der Waals surface area contributed by atoms with Crippen molar-refractivity contribution in [2.24, 2.45) is 5.73 Å². The molecular weight excluding hydrogens is 372 g/mol. The number of carbonyl (C=O) groups excluding carboxylic acids is 2. The first-order valence-electron chi connectivity index (χ1n) is 9.48. The van der Waals surface area contributed by atoms with Crippen LogP contribution in [-0.2, 0) is 6.67 Å². The van der Waals surface area contributed by atoms with E-state index in [1.54, 1.807) is 6.92 Å². The van der Waals surface area contributed by atoms with Crippen LogP contribution in [0.3, 0.4) is 0 Å². The number of carbonyl (C=O) groups is 2. The zero-order valence-corrected chi connectivity index (χ0v) is 17.4. The number of benzene rings is 1. The maximum absolute atomic E-state index is 11.8. The van der Waals surface area contributed by atoms with Gasteiger partial charge in [0.25, 0.3) is 5.91 Å². The number of nitrogens with two attached hydrogens (primary N) is 1. The number of nitrogens with zero attached hydrogens (tertiary/aromatic N) is 2. The Morgan fingerprint density at radius 2 is 1.75 bits per heavy atom. The molecule has 3 rings (SSSR count). The predicted octanol–water partition coefficient (Wildman–Crippen LogP) is 1.50. The number of quaternary nitrogens is 1. The fraction of sp³-hybridized carbons (Fsp3) is 0.381. The number of piperazine rings is 1. The van der Waals surface area contributed by atoms with E-state index in [4.69, 9.17) is 18.0 Å². The summed E-state index contributed by atoms with van der Waals surface area (Å²) in [6.45, 7) is 9.98. The number of Topliss-reactive ketones (excluding diaryl/α,β-unsaturated/α-hetero) is 1. The Bertz CT molecular complexity index is 958. The number of pyridine rings is 1. The van der Waals surface area contributed by atoms with Gasteiger partial charge in [0.15, 0.2) is 12.5 Å². The van der Waals surface area contributed by atoms with Crippen molar-refractivity contribution < 1.29 is 14.5 Å². The van der Waals surface area contributed by atoms with Crippen molar-refractivity contribution >= 4 is 29.6 Å². The van der Waals surface area contributed by atoms with Gasteiger partial charge in [-0.2, -0.15) is 0 Å². The van der Waals surface area contributed by atoms with E-state index >= 15 is 0 Å². The lowest BCUT2D eigenvalue weighted by molar-refractivity contribution is -0.923. The fourth-order valence-electron chi connectivity index (χ4n) is 3.79. The monoisotopic (exact) mass is 399 g/mol. The first kappa shape index (κ1) is 20.2. The van der Waals surface area contributed by atoms with E-state index in [0.29, 0.717) is 10.2 Å². The zero-order valence-electron chi connectivity index (χ0n) is 16.6. The standard InChI is InChI=1S/C21H26N4O2S/c1-14-12-15(2)25(21(28)19(14)20(22)27)13-23-8-10-24(11-9-23)18-6-4-17(5-7-18)16(3)26/h4-7,12H,8-11,13H2,1-3H3,(H2,22,27)/p+1. The van der Waals surface area contributed by atoms with E-state index < -0.39 is 5.91 Å². The summed E-state index contributed by atoms with van der Waals surface area (Å²) in [6.07, 6.45) is 0. The molecule has 6 nitrogen and oxygen atoms in total. The maximum atomic E-state index is 11.8. The number of anilines is 1. The molecule has 148 valence electrons. The summed E-state index contributed by atoms with van der Waals surface area (Å²) in [5, 5.41) is 0. The van der Waals surface area contributed by atoms with Crippen LogP contribution in [0.25, 0.3) is 0 Å². The van der Waals surface area contributed by atoms with Gasteiger partial charge in [-0.3, -0.25) is 14.2 Å². The summed E-state index contributed by atoms with van der Waals surface area (Å²) in [4.78, 5) is 27.0. The summed E-state index contributed by atoms with van der Waals surface area (Å²) >= 11 is 5.56. The zero-order chi connectivity index (χ0) is 20.4. The largest absolute Gasteiger partial charge is 0.365 e. The number of aromatic nitrogens is 1. The molecule has 0 unspecified atom stereocenters. The van der Waals surface area contributed by atoms with Crippen LogP contribution in [0.15, 0.2) is 30.3 Å². The predicted molar refractivity (Wildman–Crippen MR) is 113 cm³/mol. The summed E-state index contributed by atoms with van der Waals surface area (Å²) in [6, 6.07) is 9.78. The van der Waals surface area contributed by atoms with Crippen molar-refractivity contribution in [1.29, 1.82) is 0 Å². The summed E-state index contributed by atoms with van der Waals surface area (Å²) < 4.78 is 2.55. The molecule has 1 aliphatic rings. The third-order valence-electron chi connectivity index (χ3n) is 5.44. The van der Waals surface area contributed by atoms with Crippen LogP contribution in [0.2, 0.25) is 0 Å². The fourth-order valence-corrected chi connectivity index (χ4v) is 4.26. The Kier molecular flexibility index (Phi) is 5.96. The molecule has 1 fully saturated rings. The molecule has 1 aliphatic heterocycles. The van der Waals surface area contributed by atoms with Crippen molar-refractivity contribution in [3.05, 3.63) is 57.4 Å². The van der Waals surface area contributed by atoms with Gasteiger partial charge >= 0.3 is 0 Å². The van der Waals surface area contributed by atoms with E-state index in [9.17, 15) is 9.59 Å². The van der Waals surface area contributed by atoms with Gasteiger partial charge in [-0.05, 0) is 56.7 Å². The van der Waals surface area contributed by atoms with Gasteiger partial charge in [0.05, 0.1) is 31.7 Å². The van der Waals surface area contributed by atoms with Gasteiger partial charge in [0, 0.05) is 16.9 Å². The molecule has 1 aromatic heterocycles. The van der Waals surface area contributed by atoms with Crippen LogP contribution in [-0.4, -0.2) is 42.4 Å². The van der Waals surface area contributed by atoms with Crippen LogP contribution >= 0.6 is 12.2 Å². The lowest BCUT2D eigenvalue weighted by Gasteiger charge is -2.34. The summed E-state index contributed by atoms with van der Waals surface area (Å²) in [5.74, 6) is -0.383. The maximum Gasteiger partial charge on any atom is 0.251 e. The van der Waals surface area contributed by atoms with Crippen molar-refractivity contribution in [3.63, 3.8) is 0 Å². The van der Waals surface area contributed by atoms with Gasteiger partial charge in [-0.1, -0.05) is 12.2 Å². The van der Waals surface area contributed by atoms with Crippen molar-refractivity contribution in [2.45, 2.75) is 27.4 Å². The number of hydrogen-bond acceptors (Lipinski definition) is 4. The second kappa shape index (κ2) is 8.24. The first-order chi connectivity index (χ1) is 13.3.